The lowest BCUT2D eigenvalue weighted by Crippen LogP contribution is -2.54. The van der Waals surface area contributed by atoms with Gasteiger partial charge in [0.05, 0.1) is 11.7 Å². The summed E-state index contributed by atoms with van der Waals surface area (Å²) in [5.74, 6) is -2.46. The van der Waals surface area contributed by atoms with E-state index in [1.54, 1.807) is 6.08 Å². The topological polar surface area (TPSA) is 94.5 Å². The number of nitrogens with zero attached hydrogens (tertiary/aromatic N) is 2. The highest BCUT2D eigenvalue weighted by atomic mass is 32.1. The van der Waals surface area contributed by atoms with E-state index in [-0.39, 0.29) is 16.2 Å². The second kappa shape index (κ2) is 7.40. The summed E-state index contributed by atoms with van der Waals surface area (Å²) in [5.41, 5.74) is 3.04. The number of aromatic carboxylic acids is 1. The quantitative estimate of drug-likeness (QED) is 0.478. The van der Waals surface area contributed by atoms with E-state index in [1.807, 2.05) is 26.8 Å². The molecule has 144 valence electrons. The molecule has 2 heterocycles. The predicted octanol–water partition coefficient (Wildman–Crippen LogP) is 1.32. The molecule has 1 aliphatic heterocycles. The molecule has 2 aromatic rings. The van der Waals surface area contributed by atoms with Crippen molar-refractivity contribution in [2.24, 2.45) is 0 Å². The van der Waals surface area contributed by atoms with Gasteiger partial charge in [0, 0.05) is 17.9 Å². The van der Waals surface area contributed by atoms with E-state index >= 15 is 0 Å². The number of hydrogen-bond acceptors (Lipinski definition) is 5. The van der Waals surface area contributed by atoms with Crippen LogP contribution in [-0.2, 0) is 16.1 Å². The van der Waals surface area contributed by atoms with Crippen molar-refractivity contribution in [3.8, 4) is 0 Å². The second-order valence-corrected chi connectivity index (χ2v) is 6.75. The highest BCUT2D eigenvalue weighted by molar-refractivity contribution is 7.80. The summed E-state index contributed by atoms with van der Waals surface area (Å²) >= 11 is 5.15. The molecular formula is C20H18N3O4S-. The third-order valence-electron chi connectivity index (χ3n) is 4.69. The Labute approximate surface area is 167 Å². The molecule has 1 saturated heterocycles. The number of carboxylic acids is 1. The van der Waals surface area contributed by atoms with Crippen LogP contribution in [0.4, 0.5) is 5.69 Å². The summed E-state index contributed by atoms with van der Waals surface area (Å²) in [6, 6.07) is 7.42. The van der Waals surface area contributed by atoms with E-state index in [1.165, 1.54) is 29.2 Å². The average molecular weight is 396 g/mol. The number of benzene rings is 1. The molecule has 1 N–H and O–H groups in total. The fraction of sp³-hybridized carbons (Fsp3) is 0.200. The number of carbonyl (C=O) groups excluding carboxylic acids is 3. The molecule has 0 aliphatic carbocycles. The standard InChI is InChI=1S/C20H19N3O4S/c1-4-22-11(2)9-14(12(22)3)10-16-17(24)21-20(28)23(18(16)25)15-7-5-13(6-8-15)19(26)27/h5-10H,4H2,1-3H3,(H,26,27)(H,21,24,28)/p-1/b16-10+. The van der Waals surface area contributed by atoms with Crippen LogP contribution in [0.15, 0.2) is 35.9 Å². The van der Waals surface area contributed by atoms with Crippen LogP contribution < -0.4 is 15.3 Å². The first-order chi connectivity index (χ1) is 13.2. The van der Waals surface area contributed by atoms with Crippen LogP contribution >= 0.6 is 12.2 Å². The number of hydrogen-bond donors (Lipinski definition) is 1. The molecule has 0 atom stereocenters. The molecule has 0 saturated carbocycles. The fourth-order valence-corrected chi connectivity index (χ4v) is 3.54. The Morgan fingerprint density at radius 3 is 2.39 bits per heavy atom. The smallest absolute Gasteiger partial charge is 0.270 e. The van der Waals surface area contributed by atoms with E-state index < -0.39 is 17.8 Å². The van der Waals surface area contributed by atoms with Gasteiger partial charge < -0.3 is 14.5 Å². The molecule has 7 nitrogen and oxygen atoms in total. The zero-order chi connectivity index (χ0) is 20.6. The maximum absolute atomic E-state index is 13.0. The molecule has 1 aromatic heterocycles. The lowest BCUT2D eigenvalue weighted by molar-refractivity contribution is -0.255. The van der Waals surface area contributed by atoms with Gasteiger partial charge in [0.25, 0.3) is 11.8 Å². The zero-order valence-corrected chi connectivity index (χ0v) is 16.4. The lowest BCUT2D eigenvalue weighted by atomic mass is 10.1. The number of anilines is 1. The van der Waals surface area contributed by atoms with Crippen LogP contribution in [0.1, 0.15) is 34.2 Å². The van der Waals surface area contributed by atoms with Gasteiger partial charge in [0.2, 0.25) is 0 Å². The van der Waals surface area contributed by atoms with E-state index in [4.69, 9.17) is 12.2 Å². The number of aryl methyl sites for hydroxylation is 1. The number of rotatable bonds is 4. The average Bonchev–Trinajstić information content (AvgIpc) is 2.91. The molecule has 0 radical (unpaired) electrons. The summed E-state index contributed by atoms with van der Waals surface area (Å²) < 4.78 is 2.08. The Kier molecular flexibility index (Phi) is 5.15. The van der Waals surface area contributed by atoms with Crippen LogP contribution in [0, 0.1) is 13.8 Å². The molecule has 28 heavy (non-hydrogen) atoms. The Morgan fingerprint density at radius 1 is 1.21 bits per heavy atom. The minimum atomic E-state index is -1.32. The molecule has 3 rings (SSSR count). The van der Waals surface area contributed by atoms with E-state index in [9.17, 15) is 19.5 Å². The molecule has 1 fully saturated rings. The monoisotopic (exact) mass is 396 g/mol. The molecule has 8 heteroatoms. The van der Waals surface area contributed by atoms with Crippen LogP contribution in [0.25, 0.3) is 6.08 Å². The van der Waals surface area contributed by atoms with Gasteiger partial charge in [-0.05, 0) is 68.4 Å². The van der Waals surface area contributed by atoms with Crippen LogP contribution in [-0.4, -0.2) is 27.5 Å². The van der Waals surface area contributed by atoms with E-state index in [0.717, 1.165) is 23.5 Å². The Bertz CT molecular complexity index is 1030. The summed E-state index contributed by atoms with van der Waals surface area (Å²) in [6.45, 7) is 6.69. The van der Waals surface area contributed by atoms with Gasteiger partial charge >= 0.3 is 0 Å². The van der Waals surface area contributed by atoms with Crippen molar-refractivity contribution >= 4 is 46.9 Å². The van der Waals surface area contributed by atoms with Gasteiger partial charge in [0.1, 0.15) is 5.57 Å². The first kappa shape index (κ1) is 19.5. The summed E-state index contributed by atoms with van der Waals surface area (Å²) in [7, 11) is 0. The van der Waals surface area contributed by atoms with Crippen molar-refractivity contribution in [2.45, 2.75) is 27.3 Å². The molecule has 1 aliphatic rings. The maximum atomic E-state index is 13.0. The largest absolute Gasteiger partial charge is 0.545 e. The van der Waals surface area contributed by atoms with Gasteiger partial charge in [-0.25, -0.2) is 0 Å². The zero-order valence-electron chi connectivity index (χ0n) is 15.6. The summed E-state index contributed by atoms with van der Waals surface area (Å²) in [5, 5.41) is 13.4. The minimum absolute atomic E-state index is 0.0223. The predicted molar refractivity (Wildman–Crippen MR) is 107 cm³/mol. The van der Waals surface area contributed by atoms with Gasteiger partial charge in [0.15, 0.2) is 5.11 Å². The minimum Gasteiger partial charge on any atom is -0.545 e. The molecule has 2 amide bonds. The van der Waals surface area contributed by atoms with E-state index in [2.05, 4.69) is 9.88 Å². The SMILES string of the molecule is CCn1c(C)cc(/C=C2\C(=O)NC(=S)N(c3ccc(C(=O)[O-])cc3)C2=O)c1C. The highest BCUT2D eigenvalue weighted by Crippen LogP contribution is 2.24. The number of aromatic nitrogens is 1. The number of nitrogens with one attached hydrogen (secondary N) is 1. The highest BCUT2D eigenvalue weighted by Gasteiger charge is 2.34. The van der Waals surface area contributed by atoms with Crippen LogP contribution in [0.3, 0.4) is 0 Å². The molecular weight excluding hydrogens is 378 g/mol. The number of amides is 2. The molecule has 0 unspecified atom stereocenters. The van der Waals surface area contributed by atoms with Crippen LogP contribution in [0.5, 0.6) is 0 Å². The van der Waals surface area contributed by atoms with Crippen molar-refractivity contribution in [3.05, 3.63) is 58.4 Å². The van der Waals surface area contributed by atoms with Crippen molar-refractivity contribution < 1.29 is 19.5 Å². The van der Waals surface area contributed by atoms with Crippen LogP contribution in [0.2, 0.25) is 0 Å². The molecule has 1 aromatic carbocycles. The Morgan fingerprint density at radius 2 is 1.86 bits per heavy atom. The van der Waals surface area contributed by atoms with Gasteiger partial charge in [-0.3, -0.25) is 19.8 Å². The normalized spacial score (nSPS) is 15.9. The van der Waals surface area contributed by atoms with Crippen molar-refractivity contribution in [1.82, 2.24) is 9.88 Å². The van der Waals surface area contributed by atoms with Crippen molar-refractivity contribution in [3.63, 3.8) is 0 Å². The Hall–Kier alpha value is -3.26. The maximum Gasteiger partial charge on any atom is 0.270 e. The third kappa shape index (κ3) is 3.34. The van der Waals surface area contributed by atoms with Gasteiger partial charge in [-0.1, -0.05) is 12.1 Å². The fourth-order valence-electron chi connectivity index (χ4n) is 3.25. The van der Waals surface area contributed by atoms with Gasteiger partial charge in [-0.15, -0.1) is 0 Å². The lowest BCUT2D eigenvalue weighted by Gasteiger charge is -2.29. The molecule has 0 spiro atoms. The molecule has 0 bridgehead atoms. The number of carboxylic acid groups (broad SMARTS) is 1. The van der Waals surface area contributed by atoms with Gasteiger partial charge in [-0.2, -0.15) is 0 Å². The number of carbonyl (C=O) groups is 3. The Balaban J connectivity index is 2.02. The van der Waals surface area contributed by atoms with E-state index in [0.29, 0.717) is 5.69 Å². The second-order valence-electron chi connectivity index (χ2n) is 6.36. The third-order valence-corrected chi connectivity index (χ3v) is 4.98. The van der Waals surface area contributed by atoms with Crippen molar-refractivity contribution in [1.29, 1.82) is 0 Å². The number of thiocarbonyl (C=S) groups is 1. The van der Waals surface area contributed by atoms with Crippen molar-refractivity contribution in [2.75, 3.05) is 4.90 Å². The first-order valence-electron chi connectivity index (χ1n) is 8.64. The summed E-state index contributed by atoms with van der Waals surface area (Å²) in [6.07, 6.45) is 1.55. The first-order valence-corrected chi connectivity index (χ1v) is 9.05. The summed E-state index contributed by atoms with van der Waals surface area (Å²) in [4.78, 5) is 37.5.